The van der Waals surface area contributed by atoms with E-state index in [1.807, 2.05) is 25.8 Å². The van der Waals surface area contributed by atoms with Crippen molar-refractivity contribution < 1.29 is 9.32 Å². The lowest BCUT2D eigenvalue weighted by Crippen LogP contribution is -2.39. The molecule has 0 aromatic carbocycles. The van der Waals surface area contributed by atoms with Crippen LogP contribution < -0.4 is 0 Å². The van der Waals surface area contributed by atoms with Gasteiger partial charge in [-0.15, -0.1) is 0 Å². The third-order valence-corrected chi connectivity index (χ3v) is 3.96. The van der Waals surface area contributed by atoms with Crippen LogP contribution in [-0.4, -0.2) is 43.8 Å². The number of piperidine rings is 1. The smallest absolute Gasteiger partial charge is 0.274 e. The Hall–Kier alpha value is -2.18. The molecule has 7 heteroatoms. The van der Waals surface area contributed by atoms with Crippen LogP contribution in [0.1, 0.15) is 60.7 Å². The lowest BCUT2D eigenvalue weighted by Gasteiger charge is -2.30. The molecule has 1 aliphatic rings. The molecule has 3 heterocycles. The van der Waals surface area contributed by atoms with Crippen LogP contribution in [-0.2, 0) is 7.05 Å². The van der Waals surface area contributed by atoms with E-state index in [0.29, 0.717) is 18.1 Å². The fourth-order valence-corrected chi connectivity index (χ4v) is 2.70. The minimum absolute atomic E-state index is 0.0334. The molecule has 1 atom stereocenters. The van der Waals surface area contributed by atoms with Crippen LogP contribution >= 0.6 is 0 Å². The first-order valence-electron chi connectivity index (χ1n) is 7.67. The van der Waals surface area contributed by atoms with E-state index in [1.54, 1.807) is 16.9 Å². The Bertz CT molecular complexity index is 660. The number of carbonyl (C=O) groups excluding carboxylic acids is 1. The molecular weight excluding hydrogens is 282 g/mol. The summed E-state index contributed by atoms with van der Waals surface area (Å²) in [6.07, 6.45) is 3.68. The number of hydrogen-bond acceptors (Lipinski definition) is 5. The molecule has 0 N–H and O–H groups in total. The third kappa shape index (κ3) is 2.88. The Morgan fingerprint density at radius 1 is 1.45 bits per heavy atom. The van der Waals surface area contributed by atoms with E-state index in [2.05, 4.69) is 15.2 Å². The molecule has 3 rings (SSSR count). The van der Waals surface area contributed by atoms with Crippen molar-refractivity contribution in [2.45, 2.75) is 38.5 Å². The van der Waals surface area contributed by atoms with Crippen molar-refractivity contribution in [2.75, 3.05) is 13.1 Å². The van der Waals surface area contributed by atoms with Crippen LogP contribution in [0.4, 0.5) is 0 Å². The molecule has 0 aliphatic carbocycles. The molecule has 0 bridgehead atoms. The average Bonchev–Trinajstić information content (AvgIpc) is 3.15. The zero-order chi connectivity index (χ0) is 15.7. The summed E-state index contributed by atoms with van der Waals surface area (Å²) in [7, 11) is 1.81. The van der Waals surface area contributed by atoms with Crippen LogP contribution in [0.3, 0.4) is 0 Å². The minimum Gasteiger partial charge on any atom is -0.339 e. The molecule has 1 saturated heterocycles. The quantitative estimate of drug-likeness (QED) is 0.866. The van der Waals surface area contributed by atoms with Gasteiger partial charge in [0.25, 0.3) is 5.91 Å². The van der Waals surface area contributed by atoms with Gasteiger partial charge in [-0.25, -0.2) is 0 Å². The third-order valence-electron chi connectivity index (χ3n) is 3.96. The first kappa shape index (κ1) is 14.7. The summed E-state index contributed by atoms with van der Waals surface area (Å²) in [6, 6.07) is 1.75. The van der Waals surface area contributed by atoms with Gasteiger partial charge in [-0.05, 0) is 18.9 Å². The monoisotopic (exact) mass is 303 g/mol. The van der Waals surface area contributed by atoms with Gasteiger partial charge in [0.1, 0.15) is 5.69 Å². The largest absolute Gasteiger partial charge is 0.339 e. The summed E-state index contributed by atoms with van der Waals surface area (Å²) in [6.45, 7) is 5.42. The highest BCUT2D eigenvalue weighted by Crippen LogP contribution is 2.27. The number of hydrogen-bond donors (Lipinski definition) is 0. The summed E-state index contributed by atoms with van der Waals surface area (Å²) in [5.74, 6) is 1.69. The number of aromatic nitrogens is 4. The molecule has 2 aromatic rings. The molecule has 118 valence electrons. The van der Waals surface area contributed by atoms with E-state index in [4.69, 9.17) is 4.52 Å². The second-order valence-electron chi connectivity index (χ2n) is 6.11. The van der Waals surface area contributed by atoms with E-state index in [-0.39, 0.29) is 17.7 Å². The Balaban J connectivity index is 1.72. The van der Waals surface area contributed by atoms with Crippen molar-refractivity contribution in [1.82, 2.24) is 24.8 Å². The molecule has 22 heavy (non-hydrogen) atoms. The average molecular weight is 303 g/mol. The van der Waals surface area contributed by atoms with Crippen molar-refractivity contribution in [3.63, 3.8) is 0 Å². The minimum atomic E-state index is -0.0334. The predicted molar refractivity (Wildman–Crippen MR) is 79.5 cm³/mol. The Morgan fingerprint density at radius 3 is 2.91 bits per heavy atom. The zero-order valence-electron chi connectivity index (χ0n) is 13.2. The molecule has 1 amide bonds. The summed E-state index contributed by atoms with van der Waals surface area (Å²) in [5, 5.41) is 8.20. The fraction of sp³-hybridized carbons (Fsp3) is 0.600. The van der Waals surface area contributed by atoms with Crippen LogP contribution in [0.15, 0.2) is 16.8 Å². The number of likely N-dealkylation sites (tertiary alicyclic amines) is 1. The molecule has 1 aliphatic heterocycles. The topological polar surface area (TPSA) is 77.0 Å². The highest BCUT2D eigenvalue weighted by atomic mass is 16.5. The lowest BCUT2D eigenvalue weighted by molar-refractivity contribution is 0.0689. The Kier molecular flexibility index (Phi) is 3.96. The van der Waals surface area contributed by atoms with Crippen LogP contribution in [0, 0.1) is 0 Å². The van der Waals surface area contributed by atoms with E-state index >= 15 is 0 Å². The number of amides is 1. The molecule has 0 unspecified atom stereocenters. The van der Waals surface area contributed by atoms with E-state index in [1.165, 1.54) is 0 Å². The van der Waals surface area contributed by atoms with Gasteiger partial charge in [-0.2, -0.15) is 10.1 Å². The van der Waals surface area contributed by atoms with Gasteiger partial charge in [0.15, 0.2) is 5.82 Å². The maximum absolute atomic E-state index is 12.5. The maximum Gasteiger partial charge on any atom is 0.274 e. The van der Waals surface area contributed by atoms with Crippen molar-refractivity contribution in [3.05, 3.63) is 29.7 Å². The van der Waals surface area contributed by atoms with Crippen LogP contribution in [0.2, 0.25) is 0 Å². The fourth-order valence-electron chi connectivity index (χ4n) is 2.70. The van der Waals surface area contributed by atoms with E-state index < -0.39 is 0 Å². The highest BCUT2D eigenvalue weighted by molar-refractivity contribution is 5.92. The first-order chi connectivity index (χ1) is 10.5. The van der Waals surface area contributed by atoms with E-state index in [0.717, 1.165) is 25.2 Å². The molecular formula is C15H21N5O2. The molecule has 1 fully saturated rings. The molecule has 0 radical (unpaired) electrons. The summed E-state index contributed by atoms with van der Waals surface area (Å²) < 4.78 is 7.02. The van der Waals surface area contributed by atoms with Crippen molar-refractivity contribution in [3.8, 4) is 0 Å². The zero-order valence-corrected chi connectivity index (χ0v) is 13.2. The van der Waals surface area contributed by atoms with Crippen molar-refractivity contribution >= 4 is 5.91 Å². The van der Waals surface area contributed by atoms with Gasteiger partial charge in [0.2, 0.25) is 5.89 Å². The summed E-state index contributed by atoms with van der Waals surface area (Å²) in [4.78, 5) is 18.8. The van der Waals surface area contributed by atoms with Gasteiger partial charge < -0.3 is 9.42 Å². The van der Waals surface area contributed by atoms with Gasteiger partial charge in [-0.1, -0.05) is 19.0 Å². The Morgan fingerprint density at radius 2 is 2.27 bits per heavy atom. The number of carbonyl (C=O) groups is 1. The predicted octanol–water partition coefficient (Wildman–Crippen LogP) is 1.95. The van der Waals surface area contributed by atoms with Crippen LogP contribution in [0.5, 0.6) is 0 Å². The number of rotatable bonds is 3. The molecule has 7 nitrogen and oxygen atoms in total. The van der Waals surface area contributed by atoms with Gasteiger partial charge >= 0.3 is 0 Å². The Labute approximate surface area is 129 Å². The normalized spacial score (nSPS) is 18.9. The van der Waals surface area contributed by atoms with Crippen molar-refractivity contribution in [2.24, 2.45) is 7.05 Å². The summed E-state index contributed by atoms with van der Waals surface area (Å²) in [5.41, 5.74) is 0.483. The highest BCUT2D eigenvalue weighted by Gasteiger charge is 2.30. The second-order valence-corrected chi connectivity index (χ2v) is 6.11. The number of nitrogens with zero attached hydrogens (tertiary/aromatic N) is 5. The second kappa shape index (κ2) is 5.90. The van der Waals surface area contributed by atoms with Crippen molar-refractivity contribution in [1.29, 1.82) is 0 Å². The molecule has 0 saturated carbocycles. The maximum atomic E-state index is 12.5. The van der Waals surface area contributed by atoms with Crippen LogP contribution in [0.25, 0.3) is 0 Å². The van der Waals surface area contributed by atoms with Gasteiger partial charge in [-0.3, -0.25) is 9.48 Å². The lowest BCUT2D eigenvalue weighted by atomic mass is 9.97. The van der Waals surface area contributed by atoms with Gasteiger partial charge in [0.05, 0.1) is 5.92 Å². The SMILES string of the molecule is CC(C)c1noc([C@H]2CCCN(C(=O)c3ccn(C)n3)C2)n1. The standard InChI is InChI=1S/C15H21N5O2/c1-10(2)13-16-14(22-18-13)11-5-4-7-20(9-11)15(21)12-6-8-19(3)17-12/h6,8,10-11H,4-5,7,9H2,1-3H3/t11-/m0/s1. The molecule has 2 aromatic heterocycles. The summed E-state index contributed by atoms with van der Waals surface area (Å²) >= 11 is 0. The first-order valence-corrected chi connectivity index (χ1v) is 7.67. The van der Waals surface area contributed by atoms with Gasteiger partial charge in [0, 0.05) is 32.3 Å². The van der Waals surface area contributed by atoms with E-state index in [9.17, 15) is 4.79 Å². The molecule has 0 spiro atoms. The number of aryl methyl sites for hydroxylation is 1.